The lowest BCUT2D eigenvalue weighted by molar-refractivity contribution is -0.384. The summed E-state index contributed by atoms with van der Waals surface area (Å²) in [6, 6.07) is 8.52. The molecule has 0 amide bonds. The number of aromatic amines is 1. The van der Waals surface area contributed by atoms with Crippen molar-refractivity contribution >= 4 is 29.4 Å². The molecule has 3 rings (SSSR count). The lowest BCUT2D eigenvalue weighted by Crippen LogP contribution is -2.24. The maximum absolute atomic E-state index is 12.2. The number of carbonyl (C=O) groups excluding carboxylic acids is 1. The number of nitrogens with one attached hydrogen (secondary N) is 1. The van der Waals surface area contributed by atoms with Gasteiger partial charge in [-0.1, -0.05) is 12.1 Å². The fraction of sp³-hybridized carbons (Fsp3) is 0.0476. The number of hydrogen-bond donors (Lipinski definition) is 4. The molecule has 0 aliphatic heterocycles. The highest BCUT2D eigenvalue weighted by Crippen LogP contribution is 2.34. The fourth-order valence-corrected chi connectivity index (χ4v) is 3.17. The maximum atomic E-state index is 12.2. The predicted molar refractivity (Wildman–Crippen MR) is 115 cm³/mol. The minimum Gasteiger partial charge on any atom is -0.478 e. The van der Waals surface area contributed by atoms with Crippen molar-refractivity contribution in [3.05, 3.63) is 79.6 Å². The average Bonchev–Trinajstić information content (AvgIpc) is 2.77. The van der Waals surface area contributed by atoms with Crippen LogP contribution in [0.2, 0.25) is 0 Å². The van der Waals surface area contributed by atoms with Gasteiger partial charge in [-0.25, -0.2) is 14.4 Å². The number of carboxylic acid groups (broad SMARTS) is 2. The summed E-state index contributed by atoms with van der Waals surface area (Å²) in [7, 11) is 1.07. The van der Waals surface area contributed by atoms with E-state index < -0.39 is 56.6 Å². The number of esters is 1. The Kier molecular flexibility index (Phi) is 6.29. The number of rotatable bonds is 7. The highest BCUT2D eigenvalue weighted by Gasteiger charge is 2.27. The molecule has 0 atom stereocenters. The van der Waals surface area contributed by atoms with Crippen LogP contribution in [-0.4, -0.2) is 45.1 Å². The molecule has 2 aromatic carbocycles. The molecule has 3 aromatic rings. The number of H-pyrrole nitrogens is 1. The number of nitrogens with two attached hydrogens (primary N) is 1. The van der Waals surface area contributed by atoms with E-state index in [-0.39, 0.29) is 22.6 Å². The second-order valence-electron chi connectivity index (χ2n) is 6.66. The minimum absolute atomic E-state index is 0.0111. The van der Waals surface area contributed by atoms with Gasteiger partial charge in [-0.3, -0.25) is 14.9 Å². The summed E-state index contributed by atoms with van der Waals surface area (Å²) in [5.74, 6) is -4.87. The largest absolute Gasteiger partial charge is 0.478 e. The van der Waals surface area contributed by atoms with Crippen LogP contribution in [0.3, 0.4) is 0 Å². The molecule has 1 heterocycles. The quantitative estimate of drug-likeness (QED) is 0.224. The van der Waals surface area contributed by atoms with E-state index in [1.807, 2.05) is 4.98 Å². The Morgan fingerprint density at radius 3 is 2.32 bits per heavy atom. The molecule has 13 nitrogen and oxygen atoms in total. The van der Waals surface area contributed by atoms with Gasteiger partial charge in [0.25, 0.3) is 11.2 Å². The Morgan fingerprint density at radius 2 is 1.74 bits per heavy atom. The number of carbonyl (C=O) groups is 3. The molecule has 0 bridgehead atoms. The van der Waals surface area contributed by atoms with Crippen LogP contribution < -0.4 is 16.0 Å². The number of benzene rings is 2. The number of carboxylic acids is 2. The molecule has 34 heavy (non-hydrogen) atoms. The van der Waals surface area contributed by atoms with Gasteiger partial charge in [-0.05, 0) is 23.8 Å². The molecule has 0 spiro atoms. The number of nitrogen functional groups attached to an aromatic ring is 1. The topological polar surface area (TPSA) is 212 Å². The van der Waals surface area contributed by atoms with E-state index in [0.717, 1.165) is 25.3 Å². The van der Waals surface area contributed by atoms with Crippen LogP contribution in [0, 0.1) is 10.1 Å². The molecule has 0 aliphatic rings. The Hall–Kier alpha value is -5.20. The number of aromatic carboxylic acids is 2. The summed E-state index contributed by atoms with van der Waals surface area (Å²) in [6.07, 6.45) is 0. The fourth-order valence-electron chi connectivity index (χ4n) is 3.17. The van der Waals surface area contributed by atoms with Crippen molar-refractivity contribution in [1.82, 2.24) is 4.98 Å². The standard InChI is InChI=1S/C21H15N3O10/c1-33-21(30)12-8-10(24(31)32)5-6-13(12)34-11-4-2-3-9(7-11)14-15(19(26)27)17(22)23-18(25)16(14)20(28)29/h2-8H,1H3,(H,26,27)(H,28,29)(H3,22,23,25). The summed E-state index contributed by atoms with van der Waals surface area (Å²) in [5, 5.41) is 30.1. The first kappa shape index (κ1) is 23.5. The Bertz CT molecular complexity index is 1410. The highest BCUT2D eigenvalue weighted by molar-refractivity contribution is 6.07. The van der Waals surface area contributed by atoms with Crippen molar-refractivity contribution in [2.75, 3.05) is 12.8 Å². The molecular weight excluding hydrogens is 454 g/mol. The minimum atomic E-state index is -1.69. The molecule has 1 aromatic heterocycles. The molecule has 13 heteroatoms. The highest BCUT2D eigenvalue weighted by atomic mass is 16.6. The second-order valence-corrected chi connectivity index (χ2v) is 6.66. The van der Waals surface area contributed by atoms with Gasteiger partial charge in [0, 0.05) is 17.7 Å². The number of methoxy groups -OCH3 is 1. The van der Waals surface area contributed by atoms with Gasteiger partial charge < -0.3 is 30.4 Å². The smallest absolute Gasteiger partial charge is 0.342 e. The molecule has 0 fully saturated rings. The Labute approximate surface area is 189 Å². The van der Waals surface area contributed by atoms with E-state index in [1.54, 1.807) is 0 Å². The van der Waals surface area contributed by atoms with E-state index in [0.29, 0.717) is 0 Å². The summed E-state index contributed by atoms with van der Waals surface area (Å²) < 4.78 is 10.3. The first-order chi connectivity index (χ1) is 16.0. The SMILES string of the molecule is COC(=O)c1cc([N+](=O)[O-])ccc1Oc1cccc(-c2c(C(=O)O)c(N)[nH]c(=O)c2C(=O)O)c1. The molecule has 0 saturated carbocycles. The van der Waals surface area contributed by atoms with Crippen molar-refractivity contribution in [3.8, 4) is 22.6 Å². The molecule has 0 saturated heterocycles. The summed E-state index contributed by atoms with van der Waals surface area (Å²) >= 11 is 0. The molecule has 0 unspecified atom stereocenters. The number of non-ortho nitro benzene ring substituents is 1. The van der Waals surface area contributed by atoms with Crippen molar-refractivity contribution in [3.63, 3.8) is 0 Å². The van der Waals surface area contributed by atoms with E-state index in [1.165, 1.54) is 24.3 Å². The normalized spacial score (nSPS) is 10.4. The zero-order valence-corrected chi connectivity index (χ0v) is 17.2. The third kappa shape index (κ3) is 4.38. The van der Waals surface area contributed by atoms with Crippen LogP contribution in [0.25, 0.3) is 11.1 Å². The van der Waals surface area contributed by atoms with Crippen LogP contribution in [0.15, 0.2) is 47.3 Å². The monoisotopic (exact) mass is 469 g/mol. The van der Waals surface area contributed by atoms with Gasteiger partial charge in [-0.15, -0.1) is 0 Å². The molecule has 0 radical (unpaired) electrons. The third-order valence-corrected chi connectivity index (χ3v) is 4.60. The van der Waals surface area contributed by atoms with E-state index in [2.05, 4.69) is 4.74 Å². The molecule has 0 aliphatic carbocycles. The van der Waals surface area contributed by atoms with Crippen LogP contribution in [-0.2, 0) is 4.74 Å². The van der Waals surface area contributed by atoms with Gasteiger partial charge in [-0.2, -0.15) is 0 Å². The number of nitro groups is 1. The number of pyridine rings is 1. The van der Waals surface area contributed by atoms with Crippen LogP contribution >= 0.6 is 0 Å². The van der Waals surface area contributed by atoms with Gasteiger partial charge in [0.2, 0.25) is 0 Å². The van der Waals surface area contributed by atoms with Crippen molar-refractivity contribution in [2.45, 2.75) is 0 Å². The van der Waals surface area contributed by atoms with Gasteiger partial charge in [0.05, 0.1) is 12.0 Å². The zero-order chi connectivity index (χ0) is 25.2. The van der Waals surface area contributed by atoms with Crippen LogP contribution in [0.4, 0.5) is 11.5 Å². The maximum Gasteiger partial charge on any atom is 0.342 e. The lowest BCUT2D eigenvalue weighted by atomic mass is 9.95. The van der Waals surface area contributed by atoms with Crippen molar-refractivity contribution in [1.29, 1.82) is 0 Å². The number of anilines is 1. The molecule has 5 N–H and O–H groups in total. The summed E-state index contributed by atoms with van der Waals surface area (Å²) in [5.41, 5.74) is 1.88. The molecular formula is C21H15N3O10. The van der Waals surface area contributed by atoms with Gasteiger partial charge in [0.1, 0.15) is 34.0 Å². The number of hydrogen-bond acceptors (Lipinski definition) is 9. The van der Waals surface area contributed by atoms with E-state index in [4.69, 9.17) is 10.5 Å². The summed E-state index contributed by atoms with van der Waals surface area (Å²) in [6.45, 7) is 0. The average molecular weight is 469 g/mol. The van der Waals surface area contributed by atoms with Crippen molar-refractivity contribution in [2.24, 2.45) is 0 Å². The van der Waals surface area contributed by atoms with Gasteiger partial charge in [0.15, 0.2) is 0 Å². The van der Waals surface area contributed by atoms with Crippen LogP contribution in [0.5, 0.6) is 11.5 Å². The third-order valence-electron chi connectivity index (χ3n) is 4.60. The number of nitro benzene ring substituents is 1. The molecule has 174 valence electrons. The second kappa shape index (κ2) is 9.12. The van der Waals surface area contributed by atoms with Crippen molar-refractivity contribution < 1.29 is 39.0 Å². The summed E-state index contributed by atoms with van der Waals surface area (Å²) in [4.78, 5) is 60.2. The Balaban J connectivity index is 2.18. The van der Waals surface area contributed by atoms with Crippen LogP contribution in [0.1, 0.15) is 31.1 Å². The first-order valence-corrected chi connectivity index (χ1v) is 9.22. The van der Waals surface area contributed by atoms with E-state index >= 15 is 0 Å². The van der Waals surface area contributed by atoms with E-state index in [9.17, 15) is 39.5 Å². The number of ether oxygens (including phenoxy) is 2. The van der Waals surface area contributed by atoms with Gasteiger partial charge >= 0.3 is 17.9 Å². The predicted octanol–water partition coefficient (Wildman–Crippen LogP) is 2.51. The lowest BCUT2D eigenvalue weighted by Gasteiger charge is -2.14. The Morgan fingerprint density at radius 1 is 1.06 bits per heavy atom. The number of aromatic nitrogens is 1. The first-order valence-electron chi connectivity index (χ1n) is 9.22. The number of nitrogens with zero attached hydrogens (tertiary/aromatic N) is 1. The zero-order valence-electron chi connectivity index (χ0n) is 17.2.